The standard InChI is InChI=1S/C22H20F2N2OS/c23-14-10-11-20(18(24)12-14)28-21-13-17(16-8-4-5-9-19(16)26-21)22(27)25-15-6-2-1-3-7-15/h4-5,8-13,15H,1-3,6-7H2,(H,25,27). The average Bonchev–Trinajstić information content (AvgIpc) is 2.70. The Balaban J connectivity index is 1.67. The van der Waals surface area contributed by atoms with Gasteiger partial charge in [0, 0.05) is 22.4 Å². The minimum Gasteiger partial charge on any atom is -0.349 e. The molecule has 0 spiro atoms. The molecule has 0 aliphatic heterocycles. The number of nitrogens with zero attached hydrogens (tertiary/aromatic N) is 1. The lowest BCUT2D eigenvalue weighted by Gasteiger charge is -2.23. The van der Waals surface area contributed by atoms with Crippen molar-refractivity contribution in [1.29, 1.82) is 0 Å². The van der Waals surface area contributed by atoms with Gasteiger partial charge in [0.05, 0.1) is 11.1 Å². The van der Waals surface area contributed by atoms with Crippen LogP contribution < -0.4 is 5.32 Å². The van der Waals surface area contributed by atoms with Crippen LogP contribution in [0.1, 0.15) is 42.5 Å². The molecule has 2 aromatic carbocycles. The van der Waals surface area contributed by atoms with Crippen molar-refractivity contribution in [2.24, 2.45) is 0 Å². The summed E-state index contributed by atoms with van der Waals surface area (Å²) in [5, 5.41) is 4.40. The zero-order valence-electron chi connectivity index (χ0n) is 15.3. The van der Waals surface area contributed by atoms with Crippen molar-refractivity contribution in [3.05, 3.63) is 65.7 Å². The molecule has 1 aliphatic rings. The summed E-state index contributed by atoms with van der Waals surface area (Å²) in [4.78, 5) is 17.8. The van der Waals surface area contributed by atoms with Crippen LogP contribution in [-0.4, -0.2) is 16.9 Å². The van der Waals surface area contributed by atoms with Crippen molar-refractivity contribution in [2.75, 3.05) is 0 Å². The first kappa shape index (κ1) is 18.9. The van der Waals surface area contributed by atoms with Crippen LogP contribution >= 0.6 is 11.8 Å². The maximum absolute atomic E-state index is 14.1. The zero-order valence-corrected chi connectivity index (χ0v) is 16.1. The Hall–Kier alpha value is -2.47. The van der Waals surface area contributed by atoms with E-state index >= 15 is 0 Å². The molecule has 144 valence electrons. The molecule has 0 saturated heterocycles. The number of nitrogens with one attached hydrogen (secondary N) is 1. The highest BCUT2D eigenvalue weighted by Gasteiger charge is 2.19. The number of carbonyl (C=O) groups is 1. The number of rotatable bonds is 4. The summed E-state index contributed by atoms with van der Waals surface area (Å²) in [6, 6.07) is 12.7. The lowest BCUT2D eigenvalue weighted by atomic mass is 9.95. The third-order valence-corrected chi connectivity index (χ3v) is 5.96. The van der Waals surface area contributed by atoms with Gasteiger partial charge in [0.2, 0.25) is 0 Å². The topological polar surface area (TPSA) is 42.0 Å². The van der Waals surface area contributed by atoms with Crippen molar-refractivity contribution < 1.29 is 13.6 Å². The molecule has 4 rings (SSSR count). The van der Waals surface area contributed by atoms with Gasteiger partial charge in [-0.1, -0.05) is 49.2 Å². The molecule has 0 unspecified atom stereocenters. The highest BCUT2D eigenvalue weighted by Crippen LogP contribution is 2.32. The van der Waals surface area contributed by atoms with E-state index in [4.69, 9.17) is 0 Å². The number of pyridine rings is 1. The van der Waals surface area contributed by atoms with Crippen molar-refractivity contribution in [1.82, 2.24) is 10.3 Å². The summed E-state index contributed by atoms with van der Waals surface area (Å²) in [6.07, 6.45) is 5.48. The fourth-order valence-corrected chi connectivity index (χ4v) is 4.41. The maximum Gasteiger partial charge on any atom is 0.252 e. The number of hydrogen-bond donors (Lipinski definition) is 1. The third-order valence-electron chi connectivity index (χ3n) is 4.99. The van der Waals surface area contributed by atoms with Crippen LogP contribution in [0.4, 0.5) is 8.78 Å². The largest absolute Gasteiger partial charge is 0.349 e. The number of benzene rings is 2. The number of halogens is 2. The van der Waals surface area contributed by atoms with E-state index in [9.17, 15) is 13.6 Å². The van der Waals surface area contributed by atoms with Crippen molar-refractivity contribution >= 4 is 28.6 Å². The minimum atomic E-state index is -0.645. The van der Waals surface area contributed by atoms with E-state index in [-0.39, 0.29) is 16.8 Å². The third kappa shape index (κ3) is 4.17. The van der Waals surface area contributed by atoms with Gasteiger partial charge < -0.3 is 5.32 Å². The van der Waals surface area contributed by atoms with Crippen molar-refractivity contribution in [3.8, 4) is 0 Å². The molecular formula is C22H20F2N2OS. The second kappa shape index (κ2) is 8.27. The summed E-state index contributed by atoms with van der Waals surface area (Å²) in [6.45, 7) is 0. The second-order valence-electron chi connectivity index (χ2n) is 7.01. The van der Waals surface area contributed by atoms with Gasteiger partial charge in [-0.2, -0.15) is 0 Å². The number of para-hydroxylation sites is 1. The van der Waals surface area contributed by atoms with Crippen LogP contribution in [0.2, 0.25) is 0 Å². The molecule has 0 atom stereocenters. The van der Waals surface area contributed by atoms with E-state index in [2.05, 4.69) is 10.3 Å². The molecule has 1 aliphatic carbocycles. The molecule has 1 N–H and O–H groups in total. The molecule has 1 fully saturated rings. The van der Waals surface area contributed by atoms with E-state index in [0.717, 1.165) is 48.9 Å². The first-order valence-corrected chi connectivity index (χ1v) is 10.3. The van der Waals surface area contributed by atoms with Gasteiger partial charge in [-0.05, 0) is 37.1 Å². The Bertz CT molecular complexity index is 1020. The fourth-order valence-electron chi connectivity index (χ4n) is 3.57. The molecule has 6 heteroatoms. The van der Waals surface area contributed by atoms with Crippen LogP contribution in [0.3, 0.4) is 0 Å². The monoisotopic (exact) mass is 398 g/mol. The molecule has 1 heterocycles. The zero-order chi connectivity index (χ0) is 19.5. The van der Waals surface area contributed by atoms with Gasteiger partial charge in [0.25, 0.3) is 5.91 Å². The quantitative estimate of drug-likeness (QED) is 0.611. The molecule has 1 amide bonds. The van der Waals surface area contributed by atoms with E-state index < -0.39 is 11.6 Å². The fraction of sp³-hybridized carbons (Fsp3) is 0.273. The molecule has 3 nitrogen and oxygen atoms in total. The highest BCUT2D eigenvalue weighted by atomic mass is 32.2. The lowest BCUT2D eigenvalue weighted by molar-refractivity contribution is 0.0929. The van der Waals surface area contributed by atoms with Crippen LogP contribution in [0.15, 0.2) is 58.5 Å². The van der Waals surface area contributed by atoms with Crippen molar-refractivity contribution in [3.63, 3.8) is 0 Å². The van der Waals surface area contributed by atoms with Crippen LogP contribution in [0.25, 0.3) is 10.9 Å². The molecule has 1 saturated carbocycles. The number of hydrogen-bond acceptors (Lipinski definition) is 3. The summed E-state index contributed by atoms with van der Waals surface area (Å²) >= 11 is 1.08. The molecule has 1 aromatic heterocycles. The SMILES string of the molecule is O=C(NC1CCCCC1)c1cc(Sc2ccc(F)cc2F)nc2ccccc12. The molecule has 28 heavy (non-hydrogen) atoms. The Morgan fingerprint density at radius 2 is 1.82 bits per heavy atom. The summed E-state index contributed by atoms with van der Waals surface area (Å²) < 4.78 is 27.2. The summed E-state index contributed by atoms with van der Waals surface area (Å²) in [5.41, 5.74) is 1.20. The van der Waals surface area contributed by atoms with Crippen LogP contribution in [-0.2, 0) is 0 Å². The average molecular weight is 398 g/mol. The Morgan fingerprint density at radius 1 is 1.04 bits per heavy atom. The number of aromatic nitrogens is 1. The van der Waals surface area contributed by atoms with Gasteiger partial charge >= 0.3 is 0 Å². The molecule has 0 bridgehead atoms. The van der Waals surface area contributed by atoms with E-state index in [1.807, 2.05) is 24.3 Å². The van der Waals surface area contributed by atoms with Gasteiger partial charge in [-0.15, -0.1) is 0 Å². The van der Waals surface area contributed by atoms with Gasteiger partial charge in [0.15, 0.2) is 0 Å². The maximum atomic E-state index is 14.1. The highest BCUT2D eigenvalue weighted by molar-refractivity contribution is 7.99. The van der Waals surface area contributed by atoms with Crippen LogP contribution in [0, 0.1) is 11.6 Å². The van der Waals surface area contributed by atoms with E-state index in [0.29, 0.717) is 16.1 Å². The van der Waals surface area contributed by atoms with Gasteiger partial charge in [-0.3, -0.25) is 4.79 Å². The number of fused-ring (bicyclic) bond motifs is 1. The summed E-state index contributed by atoms with van der Waals surface area (Å²) in [5.74, 6) is -1.40. The Kier molecular flexibility index (Phi) is 5.57. The number of amides is 1. The first-order chi connectivity index (χ1) is 13.6. The summed E-state index contributed by atoms with van der Waals surface area (Å²) in [7, 11) is 0. The second-order valence-corrected chi connectivity index (χ2v) is 8.07. The predicted molar refractivity (Wildman–Crippen MR) is 107 cm³/mol. The Morgan fingerprint density at radius 3 is 2.61 bits per heavy atom. The van der Waals surface area contributed by atoms with Gasteiger partial charge in [0.1, 0.15) is 16.7 Å². The first-order valence-electron chi connectivity index (χ1n) is 9.44. The molecule has 3 aromatic rings. The van der Waals surface area contributed by atoms with Crippen LogP contribution in [0.5, 0.6) is 0 Å². The number of carbonyl (C=O) groups excluding carboxylic acids is 1. The normalized spacial score (nSPS) is 14.9. The Labute approximate surface area is 166 Å². The van der Waals surface area contributed by atoms with Crippen molar-refractivity contribution in [2.45, 2.75) is 48.1 Å². The van der Waals surface area contributed by atoms with E-state index in [1.54, 1.807) is 6.07 Å². The lowest BCUT2D eigenvalue weighted by Crippen LogP contribution is -2.36. The predicted octanol–water partition coefficient (Wildman–Crippen LogP) is 5.73. The smallest absolute Gasteiger partial charge is 0.252 e. The van der Waals surface area contributed by atoms with E-state index in [1.165, 1.54) is 18.6 Å². The molecular weight excluding hydrogens is 378 g/mol. The minimum absolute atomic E-state index is 0.132. The van der Waals surface area contributed by atoms with Gasteiger partial charge in [-0.25, -0.2) is 13.8 Å². The molecule has 0 radical (unpaired) electrons.